The molecular formula is C66H112O32. The summed E-state index contributed by atoms with van der Waals surface area (Å²) in [5.41, 5.74) is -2.45. The second kappa shape index (κ2) is 31.1. The monoisotopic (exact) mass is 1420 g/mol. The molecule has 0 aromatic heterocycles. The fraction of sp³-hybridized carbons (Fsp3) is 0.970. The summed E-state index contributed by atoms with van der Waals surface area (Å²) in [6, 6.07) is 0. The number of ether oxygens (including phenoxy) is 12. The molecule has 32 heteroatoms. The summed E-state index contributed by atoms with van der Waals surface area (Å²) < 4.78 is 71.7. The van der Waals surface area contributed by atoms with Gasteiger partial charge in [0.1, 0.15) is 122 Å². The highest BCUT2D eigenvalue weighted by atomic mass is 16.8. The summed E-state index contributed by atoms with van der Waals surface area (Å²) in [6.45, 7) is 12.4. The van der Waals surface area contributed by atoms with Crippen molar-refractivity contribution in [2.45, 2.75) is 316 Å². The molecule has 0 spiro atoms. The van der Waals surface area contributed by atoms with Gasteiger partial charge in [-0.15, -0.1) is 0 Å². The van der Waals surface area contributed by atoms with E-state index in [0.717, 1.165) is 18.4 Å². The molecule has 0 aromatic carbocycles. The molecule has 32 nitrogen and oxygen atoms in total. The maximum absolute atomic E-state index is 12.9. The van der Waals surface area contributed by atoms with Crippen molar-refractivity contribution in [3.8, 4) is 0 Å². The summed E-state index contributed by atoms with van der Waals surface area (Å²) in [5.74, 6) is 0.0116. The number of rotatable bonds is 23. The van der Waals surface area contributed by atoms with Crippen molar-refractivity contribution in [3.05, 3.63) is 11.6 Å². The zero-order chi connectivity index (χ0) is 71.8. The van der Waals surface area contributed by atoms with E-state index in [2.05, 4.69) is 33.8 Å². The number of fused-ring (bicyclic) bond motifs is 5. The highest BCUT2D eigenvalue weighted by molar-refractivity contribution is 5.32. The fourth-order valence-corrected chi connectivity index (χ4v) is 18.4. The highest BCUT2D eigenvalue weighted by Gasteiger charge is 2.71. The molecule has 6 heterocycles. The first-order chi connectivity index (χ1) is 46.0. The predicted octanol–water partition coefficient (Wildman–Crippen LogP) is -5.53. The van der Waals surface area contributed by atoms with Crippen molar-refractivity contribution in [2.75, 3.05) is 39.6 Å². The Morgan fingerprint density at radius 3 is 1.48 bits per heavy atom. The fourth-order valence-electron chi connectivity index (χ4n) is 18.4. The van der Waals surface area contributed by atoms with Crippen molar-refractivity contribution in [1.82, 2.24) is 0 Å². The van der Waals surface area contributed by atoms with Crippen LogP contribution in [0.5, 0.6) is 0 Å². The lowest BCUT2D eigenvalue weighted by Crippen LogP contribution is -2.65. The average Bonchev–Trinajstić information content (AvgIpc) is 1.33. The first-order valence-electron chi connectivity index (χ1n) is 34.9. The summed E-state index contributed by atoms with van der Waals surface area (Å²) >= 11 is 0. The van der Waals surface area contributed by atoms with E-state index in [1.807, 2.05) is 13.8 Å². The van der Waals surface area contributed by atoms with Crippen LogP contribution in [0.25, 0.3) is 0 Å². The van der Waals surface area contributed by atoms with Gasteiger partial charge in [-0.1, -0.05) is 53.2 Å². The van der Waals surface area contributed by atoms with Gasteiger partial charge in [-0.05, 0) is 99.7 Å². The Bertz CT molecular complexity index is 2600. The van der Waals surface area contributed by atoms with Crippen LogP contribution in [-0.2, 0) is 56.8 Å². The van der Waals surface area contributed by atoms with Gasteiger partial charge in [0, 0.05) is 23.7 Å². The third-order valence-corrected chi connectivity index (χ3v) is 24.7. The maximum Gasteiger partial charge on any atom is 0.187 e. The van der Waals surface area contributed by atoms with Crippen molar-refractivity contribution >= 4 is 0 Å². The minimum absolute atomic E-state index is 0.0217. The minimum Gasteiger partial charge on any atom is -0.394 e. The Morgan fingerprint density at radius 2 is 0.980 bits per heavy atom. The molecule has 6 aliphatic heterocycles. The molecule has 0 amide bonds. The van der Waals surface area contributed by atoms with E-state index in [-0.39, 0.29) is 53.8 Å². The van der Waals surface area contributed by atoms with Gasteiger partial charge in [-0.25, -0.2) is 0 Å². The summed E-state index contributed by atoms with van der Waals surface area (Å²) in [7, 11) is 0. The van der Waals surface area contributed by atoms with Gasteiger partial charge in [0.05, 0.1) is 75.8 Å². The molecule has 4 unspecified atom stereocenters. The first kappa shape index (κ1) is 79.0. The lowest BCUT2D eigenvalue weighted by atomic mass is 9.38. The van der Waals surface area contributed by atoms with Crippen LogP contribution < -0.4 is 0 Å². The van der Waals surface area contributed by atoms with Crippen molar-refractivity contribution in [3.63, 3.8) is 0 Å². The summed E-state index contributed by atoms with van der Waals surface area (Å²) in [5, 5.41) is 217. The van der Waals surface area contributed by atoms with Crippen LogP contribution in [-0.4, -0.2) is 338 Å². The van der Waals surface area contributed by atoms with Crippen LogP contribution >= 0.6 is 0 Å². The normalized spacial score (nSPS) is 51.3. The van der Waals surface area contributed by atoms with Crippen LogP contribution in [0.2, 0.25) is 0 Å². The number of hydrogen-bond acceptors (Lipinski definition) is 32. The average molecular weight is 1420 g/mol. The van der Waals surface area contributed by atoms with E-state index in [1.165, 1.54) is 0 Å². The van der Waals surface area contributed by atoms with Crippen molar-refractivity contribution in [2.24, 2.45) is 45.3 Å². The number of aliphatic hydroxyl groups excluding tert-OH is 19. The molecule has 10 aliphatic rings. The van der Waals surface area contributed by atoms with Crippen LogP contribution in [0.1, 0.15) is 120 Å². The minimum atomic E-state index is -1.93. The molecular weight excluding hydrogens is 1300 g/mol. The summed E-state index contributed by atoms with van der Waals surface area (Å²) in [6.07, 6.45) is -39.9. The standard InChI is InChI=1S/C66H112O32/c1-26(29-15-16-64(6)37-12-10-30-31(66(37,8)38(71)19-65(29,64)7)11-14-39(62(30,2)3)96-60-55(85)50(80)45(75)35(94-60)24-88-58-53(83)48(78)43(73)33(22-69)92-58)9-13-40(63(4,5)86)97-61-56(98-41-18-27(70)17-28(20-67)90-41)51(81)46(76)36(95-61)25-89-59-54(84)49(79)44(74)34(93-59)23-87-57-52(82)47(77)42(72)32(21-68)91-57/h10,26-29,31-61,67-86H,9,11-25H2,1-8H3/t26-,27+,28+,29?,31?,32-,33?,34-,35-,36-,37?,38-,39+,40-,41+,42-,43-,44-,45-,46-,47+,48+,49+,50+,51+,52-,53-,54-,55-,56-,57-,58+,59-,60+,61+,64+,65-,66+/m1/s1. The molecule has 20 N–H and O–H groups in total. The lowest BCUT2D eigenvalue weighted by Gasteiger charge is -2.67. The number of allylic oxidation sites excluding steroid dienone is 1. The van der Waals surface area contributed by atoms with Crippen molar-refractivity contribution < 1.29 is 159 Å². The number of aliphatic hydroxyl groups is 20. The third-order valence-electron chi connectivity index (χ3n) is 24.7. The molecule has 568 valence electrons. The van der Waals surface area contributed by atoms with Gasteiger partial charge < -0.3 is 159 Å². The molecule has 0 bridgehead atoms. The second-order valence-electron chi connectivity index (χ2n) is 31.4. The largest absolute Gasteiger partial charge is 0.394 e. The van der Waals surface area contributed by atoms with E-state index >= 15 is 0 Å². The van der Waals surface area contributed by atoms with Crippen LogP contribution in [0, 0.1) is 45.3 Å². The van der Waals surface area contributed by atoms with E-state index in [0.29, 0.717) is 32.1 Å². The first-order valence-corrected chi connectivity index (χ1v) is 34.9. The molecule has 4 aliphatic carbocycles. The third kappa shape index (κ3) is 15.0. The molecule has 98 heavy (non-hydrogen) atoms. The summed E-state index contributed by atoms with van der Waals surface area (Å²) in [4.78, 5) is 0. The Balaban J connectivity index is 0.804. The van der Waals surface area contributed by atoms with Crippen LogP contribution in [0.3, 0.4) is 0 Å². The van der Waals surface area contributed by atoms with Crippen molar-refractivity contribution in [1.29, 1.82) is 0 Å². The van der Waals surface area contributed by atoms with E-state index < -0.39 is 246 Å². The van der Waals surface area contributed by atoms with Gasteiger partial charge in [0.25, 0.3) is 0 Å². The molecule has 0 radical (unpaired) electrons. The zero-order valence-corrected chi connectivity index (χ0v) is 56.9. The molecule has 38 atom stereocenters. The van der Waals surface area contributed by atoms with E-state index in [9.17, 15) is 102 Å². The van der Waals surface area contributed by atoms with Gasteiger partial charge in [-0.3, -0.25) is 0 Å². The maximum atomic E-state index is 12.9. The van der Waals surface area contributed by atoms with Gasteiger partial charge >= 0.3 is 0 Å². The van der Waals surface area contributed by atoms with Gasteiger partial charge in [0.15, 0.2) is 37.7 Å². The highest BCUT2D eigenvalue weighted by Crippen LogP contribution is 2.75. The Morgan fingerprint density at radius 1 is 0.510 bits per heavy atom. The zero-order valence-electron chi connectivity index (χ0n) is 56.9. The Kier molecular flexibility index (Phi) is 25.1. The van der Waals surface area contributed by atoms with E-state index in [4.69, 9.17) is 56.8 Å². The smallest absolute Gasteiger partial charge is 0.187 e. The van der Waals surface area contributed by atoms with E-state index in [1.54, 1.807) is 13.8 Å². The Labute approximate surface area is 569 Å². The molecule has 0 aromatic rings. The molecule has 9 fully saturated rings. The van der Waals surface area contributed by atoms with Gasteiger partial charge in [0.2, 0.25) is 0 Å². The molecule has 10 rings (SSSR count). The van der Waals surface area contributed by atoms with Gasteiger partial charge in [-0.2, -0.15) is 0 Å². The van der Waals surface area contributed by atoms with Crippen LogP contribution in [0.4, 0.5) is 0 Å². The quantitative estimate of drug-likeness (QED) is 0.0424. The van der Waals surface area contributed by atoms with Crippen LogP contribution in [0.15, 0.2) is 11.6 Å². The topological polar surface area (TPSA) is 515 Å². The molecule has 6 saturated heterocycles. The second-order valence-corrected chi connectivity index (χ2v) is 31.4. The Hall–Kier alpha value is -1.54. The molecule has 3 saturated carbocycles. The SMILES string of the molecule is C[C@H](CC[C@@H](O[C@@H]1O[C@H](CO[C@@H]2O[C@H](CO[C@@H]3O[C@H](CO)[C@@H](O)[C@H](O)[C@H]3O)[C@@H](O)[C@H](O)[C@H]2O)[C@@H](O)[C@H](O)[C@H]1O[C@H]1C[C@@H](O)C[C@@H](CO)O1)C(C)(C)O)C1CC[C@@]2(C)C3CC=C4C(CC[C@H](O[C@@H]5O[C@H](CO[C@H]6OC(CO)[C@@H](O)[C@H](O)[C@H]6O)[C@@H](O)[C@H](O)[C@H]5O)C4(C)C)[C@]3(C)[C@H](O)C[C@]12C. The number of hydrogen-bond donors (Lipinski definition) is 20. The predicted molar refractivity (Wildman–Crippen MR) is 330 cm³/mol. The lowest BCUT2D eigenvalue weighted by molar-refractivity contribution is -0.367.